The monoisotopic (exact) mass is 347 g/mol. The number of alkyl halides is 3. The van der Waals surface area contributed by atoms with Crippen LogP contribution in [0.4, 0.5) is 23.4 Å². The molecule has 0 radical (unpaired) electrons. The lowest BCUT2D eigenvalue weighted by molar-refractivity contribution is -0.137. The van der Waals surface area contributed by atoms with Gasteiger partial charge in [0, 0.05) is 11.1 Å². The zero-order valence-corrected chi connectivity index (χ0v) is 12.4. The largest absolute Gasteiger partial charge is 0.463 e. The minimum Gasteiger partial charge on any atom is -0.463 e. The Kier molecular flexibility index (Phi) is 3.93. The maximum absolute atomic E-state index is 14.3. The van der Waals surface area contributed by atoms with Crippen LogP contribution >= 0.6 is 0 Å². The van der Waals surface area contributed by atoms with Gasteiger partial charge >= 0.3 is 6.18 Å². The first kappa shape index (κ1) is 16.5. The van der Waals surface area contributed by atoms with Crippen LogP contribution in [0.25, 0.3) is 22.6 Å². The lowest BCUT2D eigenvalue weighted by Gasteiger charge is -2.12. The Hall–Kier alpha value is -3.34. The number of aromatic nitrogens is 1. The zero-order chi connectivity index (χ0) is 18.2. The molecule has 0 spiro atoms. The molecule has 0 fully saturated rings. The van der Waals surface area contributed by atoms with Gasteiger partial charge in [0.1, 0.15) is 29.0 Å². The van der Waals surface area contributed by atoms with Crippen molar-refractivity contribution in [2.45, 2.75) is 6.18 Å². The summed E-state index contributed by atoms with van der Waals surface area (Å²) in [6, 6.07) is 8.40. The third-order valence-electron chi connectivity index (χ3n) is 3.52. The Bertz CT molecular complexity index is 973. The minimum atomic E-state index is -4.67. The van der Waals surface area contributed by atoms with E-state index >= 15 is 0 Å². The number of anilines is 1. The number of nitrogen functional groups attached to an aromatic ring is 1. The summed E-state index contributed by atoms with van der Waals surface area (Å²) < 4.78 is 57.6. The van der Waals surface area contributed by atoms with Crippen molar-refractivity contribution in [2.75, 3.05) is 5.73 Å². The maximum Gasteiger partial charge on any atom is 0.416 e. The Morgan fingerprint density at radius 3 is 2.44 bits per heavy atom. The van der Waals surface area contributed by atoms with Crippen LogP contribution in [0, 0.1) is 17.1 Å². The Morgan fingerprint density at radius 1 is 1.12 bits per heavy atom. The van der Waals surface area contributed by atoms with Gasteiger partial charge in [-0.3, -0.25) is 0 Å². The van der Waals surface area contributed by atoms with E-state index in [1.54, 1.807) is 18.2 Å². The summed E-state index contributed by atoms with van der Waals surface area (Å²) in [5.41, 5.74) is 4.57. The molecule has 0 atom stereocenters. The van der Waals surface area contributed by atoms with Crippen LogP contribution in [0.15, 0.2) is 47.1 Å². The van der Waals surface area contributed by atoms with Crippen molar-refractivity contribution in [3.8, 4) is 28.7 Å². The van der Waals surface area contributed by atoms with Crippen LogP contribution in [0.1, 0.15) is 11.1 Å². The number of nitriles is 1. The summed E-state index contributed by atoms with van der Waals surface area (Å²) in [6.07, 6.45) is -3.28. The van der Waals surface area contributed by atoms with Gasteiger partial charge in [0.25, 0.3) is 0 Å². The van der Waals surface area contributed by atoms with Crippen LogP contribution in [0.3, 0.4) is 0 Å². The third kappa shape index (κ3) is 3.04. The van der Waals surface area contributed by atoms with Gasteiger partial charge in [0.05, 0.1) is 11.8 Å². The normalized spacial score (nSPS) is 11.3. The van der Waals surface area contributed by atoms with E-state index in [2.05, 4.69) is 4.98 Å². The molecule has 0 saturated heterocycles. The van der Waals surface area contributed by atoms with Crippen LogP contribution in [-0.4, -0.2) is 4.98 Å². The average molecular weight is 347 g/mol. The summed E-state index contributed by atoms with van der Waals surface area (Å²) in [6.45, 7) is 0. The Labute approximate surface area is 139 Å². The van der Waals surface area contributed by atoms with Gasteiger partial charge in [-0.05, 0) is 30.3 Å². The van der Waals surface area contributed by atoms with E-state index in [0.29, 0.717) is 11.8 Å². The second-order valence-corrected chi connectivity index (χ2v) is 5.10. The highest BCUT2D eigenvalue weighted by Crippen LogP contribution is 2.36. The number of benzene rings is 1. The number of halogens is 4. The third-order valence-corrected chi connectivity index (χ3v) is 3.52. The van der Waals surface area contributed by atoms with E-state index in [1.165, 1.54) is 12.3 Å². The van der Waals surface area contributed by atoms with Crippen molar-refractivity contribution in [3.05, 3.63) is 59.6 Å². The summed E-state index contributed by atoms with van der Waals surface area (Å²) in [7, 11) is 0. The number of nitrogens with two attached hydrogens (primary N) is 1. The van der Waals surface area contributed by atoms with Crippen LogP contribution < -0.4 is 5.73 Å². The molecule has 3 rings (SSSR count). The average Bonchev–Trinajstić information content (AvgIpc) is 3.07. The first-order valence-corrected chi connectivity index (χ1v) is 6.93. The lowest BCUT2D eigenvalue weighted by Crippen LogP contribution is -2.06. The minimum absolute atomic E-state index is 0.0348. The molecule has 2 heterocycles. The molecule has 0 aliphatic carbocycles. The molecule has 0 unspecified atom stereocenters. The lowest BCUT2D eigenvalue weighted by atomic mass is 9.98. The van der Waals surface area contributed by atoms with Crippen molar-refractivity contribution in [1.29, 1.82) is 5.26 Å². The van der Waals surface area contributed by atoms with Gasteiger partial charge in [-0.25, -0.2) is 9.37 Å². The molecule has 0 aliphatic rings. The molecule has 0 saturated carbocycles. The van der Waals surface area contributed by atoms with Crippen LogP contribution in [0.5, 0.6) is 0 Å². The molecule has 126 valence electrons. The topological polar surface area (TPSA) is 75.8 Å². The molecular weight excluding hydrogens is 338 g/mol. The quantitative estimate of drug-likeness (QED) is 0.686. The number of pyridine rings is 1. The van der Waals surface area contributed by atoms with Gasteiger partial charge in [0.2, 0.25) is 0 Å². The molecule has 4 nitrogen and oxygen atoms in total. The van der Waals surface area contributed by atoms with Gasteiger partial charge in [-0.15, -0.1) is 0 Å². The van der Waals surface area contributed by atoms with Crippen LogP contribution in [-0.2, 0) is 6.18 Å². The van der Waals surface area contributed by atoms with Crippen LogP contribution in [0.2, 0.25) is 0 Å². The summed E-state index contributed by atoms with van der Waals surface area (Å²) in [5, 5.41) is 9.26. The molecular formula is C17H9F4N3O. The highest BCUT2D eigenvalue weighted by atomic mass is 19.4. The van der Waals surface area contributed by atoms with E-state index in [4.69, 9.17) is 10.2 Å². The number of nitrogens with zero attached hydrogens (tertiary/aromatic N) is 2. The van der Waals surface area contributed by atoms with Gasteiger partial charge < -0.3 is 10.2 Å². The van der Waals surface area contributed by atoms with E-state index in [9.17, 15) is 22.8 Å². The molecule has 0 bridgehead atoms. The van der Waals surface area contributed by atoms with Gasteiger partial charge in [0.15, 0.2) is 5.76 Å². The standard InChI is InChI=1S/C17H9F4N3O/c18-13-6-9(17(19,20)21)3-4-10(13)11-7-14(15-2-1-5-25-15)24-16(23)12(11)8-22/h1-7H,(H2,23,24). The first-order valence-electron chi connectivity index (χ1n) is 6.93. The predicted molar refractivity (Wildman–Crippen MR) is 81.5 cm³/mol. The first-order chi connectivity index (χ1) is 11.8. The molecule has 1 aromatic carbocycles. The second-order valence-electron chi connectivity index (χ2n) is 5.10. The molecule has 0 aliphatic heterocycles. The number of hydrogen-bond donors (Lipinski definition) is 1. The number of rotatable bonds is 2. The van der Waals surface area contributed by atoms with Crippen molar-refractivity contribution in [1.82, 2.24) is 4.98 Å². The molecule has 8 heteroatoms. The fraction of sp³-hybridized carbons (Fsp3) is 0.0588. The summed E-state index contributed by atoms with van der Waals surface area (Å²) in [4.78, 5) is 4.02. The van der Waals surface area contributed by atoms with Gasteiger partial charge in [-0.2, -0.15) is 18.4 Å². The van der Waals surface area contributed by atoms with Crippen molar-refractivity contribution >= 4 is 5.82 Å². The molecule has 2 N–H and O–H groups in total. The molecule has 0 amide bonds. The molecule has 2 aromatic heterocycles. The fourth-order valence-corrected chi connectivity index (χ4v) is 2.36. The van der Waals surface area contributed by atoms with E-state index in [1.807, 2.05) is 0 Å². The van der Waals surface area contributed by atoms with Gasteiger partial charge in [-0.1, -0.05) is 6.07 Å². The molecule has 3 aromatic rings. The van der Waals surface area contributed by atoms with E-state index < -0.39 is 17.6 Å². The summed E-state index contributed by atoms with van der Waals surface area (Å²) in [5.74, 6) is -0.974. The number of furan rings is 1. The SMILES string of the molecule is N#Cc1c(-c2ccc(C(F)(F)F)cc2F)cc(-c2ccco2)nc1N. The number of hydrogen-bond acceptors (Lipinski definition) is 4. The second kappa shape index (κ2) is 5.94. The summed E-state index contributed by atoms with van der Waals surface area (Å²) >= 11 is 0. The van der Waals surface area contributed by atoms with E-state index in [-0.39, 0.29) is 28.2 Å². The zero-order valence-electron chi connectivity index (χ0n) is 12.4. The highest BCUT2D eigenvalue weighted by Gasteiger charge is 2.31. The van der Waals surface area contributed by atoms with Crippen molar-refractivity contribution in [3.63, 3.8) is 0 Å². The van der Waals surface area contributed by atoms with Crippen molar-refractivity contribution < 1.29 is 22.0 Å². The maximum atomic E-state index is 14.3. The van der Waals surface area contributed by atoms with Crippen molar-refractivity contribution in [2.24, 2.45) is 0 Å². The smallest absolute Gasteiger partial charge is 0.416 e. The fourth-order valence-electron chi connectivity index (χ4n) is 2.36. The Morgan fingerprint density at radius 2 is 1.88 bits per heavy atom. The van der Waals surface area contributed by atoms with E-state index in [0.717, 1.165) is 12.1 Å². The predicted octanol–water partition coefficient (Wildman–Crippen LogP) is 4.62. The Balaban J connectivity index is 2.21. The molecule has 25 heavy (non-hydrogen) atoms. The highest BCUT2D eigenvalue weighted by molar-refractivity contribution is 5.79.